The molecule has 2 aromatic carbocycles. The van der Waals surface area contributed by atoms with Crippen molar-refractivity contribution in [2.75, 3.05) is 14.2 Å². The fourth-order valence-electron chi connectivity index (χ4n) is 3.43. The summed E-state index contributed by atoms with van der Waals surface area (Å²) in [5, 5.41) is 4.06. The summed E-state index contributed by atoms with van der Waals surface area (Å²) >= 11 is 5.98. The lowest BCUT2D eigenvalue weighted by atomic mass is 10.2. The number of rotatable bonds is 8. The molecule has 0 bridgehead atoms. The molecule has 0 unspecified atom stereocenters. The molecule has 1 aromatic heterocycles. The highest BCUT2D eigenvalue weighted by Crippen LogP contribution is 2.16. The van der Waals surface area contributed by atoms with Crippen LogP contribution in [0.4, 0.5) is 10.1 Å². The van der Waals surface area contributed by atoms with Gasteiger partial charge in [-0.05, 0) is 29.8 Å². The summed E-state index contributed by atoms with van der Waals surface area (Å²) < 4.78 is 22.6. The normalized spacial score (nSPS) is 12.7. The first-order valence-corrected chi connectivity index (χ1v) is 11.2. The zero-order chi connectivity index (χ0) is 26.4. The van der Waals surface area contributed by atoms with Gasteiger partial charge in [0.25, 0.3) is 0 Å². The lowest BCUT2D eigenvalue weighted by Crippen LogP contribution is -2.55. The second-order valence-electron chi connectivity index (χ2n) is 7.91. The third-order valence-electron chi connectivity index (χ3n) is 5.35. The molecular weight excluding hydrogens is 493 g/mol. The van der Waals surface area contributed by atoms with Crippen LogP contribution in [0.3, 0.4) is 0 Å². The number of ether oxygens (including phenoxy) is 1. The van der Waals surface area contributed by atoms with E-state index in [1.165, 1.54) is 48.7 Å². The van der Waals surface area contributed by atoms with Gasteiger partial charge >= 0.3 is 17.3 Å². The van der Waals surface area contributed by atoms with Crippen LogP contribution in [0.25, 0.3) is 0 Å². The molecule has 12 heteroatoms. The molecule has 0 saturated carbocycles. The van der Waals surface area contributed by atoms with Crippen molar-refractivity contribution in [3.8, 4) is 0 Å². The van der Waals surface area contributed by atoms with Crippen molar-refractivity contribution < 1.29 is 18.8 Å². The highest BCUT2D eigenvalue weighted by molar-refractivity contribution is 6.30. The zero-order valence-electron chi connectivity index (χ0n) is 20.1. The predicted molar refractivity (Wildman–Crippen MR) is 132 cm³/mol. The van der Waals surface area contributed by atoms with Crippen LogP contribution in [0.1, 0.15) is 18.1 Å². The topological polar surface area (TPSA) is 109 Å². The van der Waals surface area contributed by atoms with Crippen molar-refractivity contribution in [2.24, 2.45) is 23.1 Å². The molecule has 0 aliphatic heterocycles. The average Bonchev–Trinajstić information content (AvgIpc) is 2.87. The molecule has 3 aromatic rings. The maximum absolute atomic E-state index is 14.5. The Labute approximate surface area is 210 Å². The Morgan fingerprint density at radius 2 is 1.81 bits per heavy atom. The number of halogens is 2. The number of esters is 1. The van der Waals surface area contributed by atoms with Gasteiger partial charge in [-0.15, -0.1) is 0 Å². The average molecular weight is 518 g/mol. The quantitative estimate of drug-likeness (QED) is 0.258. The van der Waals surface area contributed by atoms with Gasteiger partial charge in [0.15, 0.2) is 0 Å². The van der Waals surface area contributed by atoms with E-state index in [4.69, 9.17) is 16.3 Å². The van der Waals surface area contributed by atoms with Crippen LogP contribution in [0, 0.1) is 11.7 Å². The minimum absolute atomic E-state index is 0.0142. The van der Waals surface area contributed by atoms with Gasteiger partial charge in [-0.2, -0.15) is 0 Å². The summed E-state index contributed by atoms with van der Waals surface area (Å²) in [5.74, 6) is -1.93. The number of aromatic nitrogens is 3. The van der Waals surface area contributed by atoms with Crippen molar-refractivity contribution in [3.05, 3.63) is 91.0 Å². The van der Waals surface area contributed by atoms with Gasteiger partial charge in [-0.25, -0.2) is 23.5 Å². The van der Waals surface area contributed by atoms with Crippen LogP contribution in [0.15, 0.2) is 62.2 Å². The molecule has 0 radical (unpaired) electrons. The van der Waals surface area contributed by atoms with Gasteiger partial charge in [0, 0.05) is 30.2 Å². The fourth-order valence-corrected chi connectivity index (χ4v) is 3.55. The van der Waals surface area contributed by atoms with E-state index < -0.39 is 29.1 Å². The summed E-state index contributed by atoms with van der Waals surface area (Å²) in [6.07, 6.45) is 1.21. The Balaban J connectivity index is 2.23. The van der Waals surface area contributed by atoms with Crippen LogP contribution >= 0.6 is 11.6 Å². The predicted octanol–water partition coefficient (Wildman–Crippen LogP) is 2.21. The van der Waals surface area contributed by atoms with E-state index in [1.807, 2.05) is 0 Å². The maximum Gasteiger partial charge on any atom is 0.335 e. The van der Waals surface area contributed by atoms with Crippen LogP contribution < -0.4 is 17.0 Å². The molecule has 3 rings (SSSR count). The van der Waals surface area contributed by atoms with Crippen molar-refractivity contribution in [3.63, 3.8) is 0 Å². The fraction of sp³-hybridized carbons (Fsp3) is 0.292. The van der Waals surface area contributed by atoms with Gasteiger partial charge in [-0.1, -0.05) is 35.8 Å². The van der Waals surface area contributed by atoms with Gasteiger partial charge in [0.05, 0.1) is 31.5 Å². The molecule has 0 amide bonds. The number of methoxy groups -OCH3 is 1. The third-order valence-corrected chi connectivity index (χ3v) is 5.60. The molecule has 0 spiro atoms. The SMILES string of the molecule is CON=Cc1ccc(N=c2n(C)c(=O)n(C[C@H](C)C(=O)OC)c(=O)n2Cc2ccc(Cl)cc2)cc1F. The Hall–Kier alpha value is -3.99. The minimum Gasteiger partial charge on any atom is -0.469 e. The standard InChI is InChI=1S/C24H25ClFN5O5/c1-15(21(32)35-3)13-31-23(33)29(2)22(28-19-10-7-17(12-27-36-4)20(26)11-19)30(24(31)34)14-16-5-8-18(25)9-6-16/h5-12,15H,13-14H2,1-4H3/t15-/m0/s1. The number of carbonyl (C=O) groups is 1. The molecule has 1 atom stereocenters. The first-order valence-electron chi connectivity index (χ1n) is 10.8. The van der Waals surface area contributed by atoms with Gasteiger partial charge in [-0.3, -0.25) is 13.9 Å². The van der Waals surface area contributed by atoms with Crippen LogP contribution in [-0.2, 0) is 34.5 Å². The smallest absolute Gasteiger partial charge is 0.335 e. The number of hydrogen-bond acceptors (Lipinski definition) is 7. The van der Waals surface area contributed by atoms with E-state index in [0.717, 1.165) is 10.6 Å². The first-order chi connectivity index (χ1) is 17.2. The van der Waals surface area contributed by atoms with Crippen molar-refractivity contribution in [2.45, 2.75) is 20.0 Å². The second kappa shape index (κ2) is 11.6. The molecule has 0 aliphatic carbocycles. The maximum atomic E-state index is 14.5. The molecule has 36 heavy (non-hydrogen) atoms. The summed E-state index contributed by atoms with van der Waals surface area (Å²) in [5.41, 5.74) is -0.341. The molecular formula is C24H25ClFN5O5. The molecule has 0 N–H and O–H groups in total. The number of hydrogen-bond donors (Lipinski definition) is 0. The molecule has 10 nitrogen and oxygen atoms in total. The second-order valence-corrected chi connectivity index (χ2v) is 8.34. The summed E-state index contributed by atoms with van der Waals surface area (Å²) in [4.78, 5) is 47.5. The molecule has 190 valence electrons. The van der Waals surface area contributed by atoms with Crippen LogP contribution in [0.5, 0.6) is 0 Å². The molecule has 0 saturated heterocycles. The lowest BCUT2D eigenvalue weighted by molar-refractivity contribution is -0.145. The van der Waals surface area contributed by atoms with Crippen molar-refractivity contribution >= 4 is 29.5 Å². The third kappa shape index (κ3) is 5.98. The first kappa shape index (κ1) is 26.6. The monoisotopic (exact) mass is 517 g/mol. The van der Waals surface area contributed by atoms with E-state index in [1.54, 1.807) is 31.2 Å². The van der Waals surface area contributed by atoms with Crippen molar-refractivity contribution in [1.29, 1.82) is 0 Å². The Bertz CT molecular complexity index is 1470. The Morgan fingerprint density at radius 1 is 1.11 bits per heavy atom. The van der Waals surface area contributed by atoms with E-state index in [2.05, 4.69) is 15.0 Å². The van der Waals surface area contributed by atoms with Crippen LogP contribution in [-0.4, -0.2) is 40.1 Å². The highest BCUT2D eigenvalue weighted by Gasteiger charge is 2.19. The minimum atomic E-state index is -0.748. The Kier molecular flexibility index (Phi) is 8.59. The highest BCUT2D eigenvalue weighted by atomic mass is 35.5. The van der Waals surface area contributed by atoms with Crippen molar-refractivity contribution in [1.82, 2.24) is 13.7 Å². The Morgan fingerprint density at radius 3 is 2.42 bits per heavy atom. The lowest BCUT2D eigenvalue weighted by Gasteiger charge is -2.16. The largest absolute Gasteiger partial charge is 0.469 e. The summed E-state index contributed by atoms with van der Waals surface area (Å²) in [6.45, 7) is 1.40. The number of benzene rings is 2. The number of carbonyl (C=O) groups excluding carboxylic acids is 1. The van der Waals surface area contributed by atoms with Crippen LogP contribution in [0.2, 0.25) is 5.02 Å². The van der Waals surface area contributed by atoms with Gasteiger partial charge < -0.3 is 9.57 Å². The molecule has 0 aliphatic rings. The van der Waals surface area contributed by atoms with E-state index in [0.29, 0.717) is 10.6 Å². The molecule has 0 fully saturated rings. The number of nitrogens with zero attached hydrogens (tertiary/aromatic N) is 5. The van der Waals surface area contributed by atoms with E-state index in [9.17, 15) is 18.8 Å². The van der Waals surface area contributed by atoms with E-state index >= 15 is 0 Å². The zero-order valence-corrected chi connectivity index (χ0v) is 20.9. The van der Waals surface area contributed by atoms with E-state index in [-0.39, 0.29) is 30.0 Å². The number of oxime groups is 1. The molecule has 1 heterocycles. The summed E-state index contributed by atoms with van der Waals surface area (Å²) in [7, 11) is 4.01. The summed E-state index contributed by atoms with van der Waals surface area (Å²) in [6, 6.07) is 10.9. The van der Waals surface area contributed by atoms with Gasteiger partial charge in [0.2, 0.25) is 5.62 Å². The van der Waals surface area contributed by atoms with Gasteiger partial charge in [0.1, 0.15) is 12.9 Å².